The van der Waals surface area contributed by atoms with Crippen LogP contribution in [0.25, 0.3) is 0 Å². The van der Waals surface area contributed by atoms with E-state index in [9.17, 15) is 28.0 Å². The van der Waals surface area contributed by atoms with Crippen molar-refractivity contribution in [1.82, 2.24) is 15.1 Å². The number of primary amides is 1. The van der Waals surface area contributed by atoms with Gasteiger partial charge in [0.2, 0.25) is 17.7 Å². The van der Waals surface area contributed by atoms with E-state index < -0.39 is 41.6 Å². The lowest BCUT2D eigenvalue weighted by Crippen LogP contribution is -2.56. The first-order chi connectivity index (χ1) is 14.1. The molecule has 0 saturated carbocycles. The molecular weight excluding hydrogens is 420 g/mol. The van der Waals surface area contributed by atoms with E-state index in [2.05, 4.69) is 10.6 Å². The molecule has 2 rings (SSSR count). The van der Waals surface area contributed by atoms with E-state index in [1.165, 1.54) is 23.7 Å². The molecule has 30 heavy (non-hydrogen) atoms. The molecule has 1 aromatic carbocycles. The van der Waals surface area contributed by atoms with Gasteiger partial charge in [0.05, 0.1) is 24.0 Å². The Labute approximate surface area is 176 Å². The molecule has 1 fully saturated rings. The zero-order chi connectivity index (χ0) is 22.4. The summed E-state index contributed by atoms with van der Waals surface area (Å²) in [6.45, 7) is -0.129. The molecule has 0 aliphatic carbocycles. The molecule has 0 radical (unpaired) electrons. The number of likely N-dealkylation sites (tertiary alicyclic amines) is 1. The number of nitrogens with zero attached hydrogens (tertiary/aromatic N) is 2. The molecule has 4 N–H and O–H groups in total. The number of thioether (sulfide) groups is 1. The van der Waals surface area contributed by atoms with Crippen LogP contribution in [-0.2, 0) is 14.4 Å². The molecule has 0 spiro atoms. The van der Waals surface area contributed by atoms with E-state index in [4.69, 9.17) is 5.73 Å². The van der Waals surface area contributed by atoms with Crippen molar-refractivity contribution in [2.45, 2.75) is 18.5 Å². The van der Waals surface area contributed by atoms with Crippen molar-refractivity contribution in [2.75, 3.05) is 37.5 Å². The second-order valence-electron chi connectivity index (χ2n) is 6.74. The minimum atomic E-state index is -1.04. The van der Waals surface area contributed by atoms with Gasteiger partial charge in [-0.2, -0.15) is 11.8 Å². The molecule has 1 aromatic rings. The topological polar surface area (TPSA) is 125 Å². The summed E-state index contributed by atoms with van der Waals surface area (Å²) in [6, 6.07) is 0.0395. The predicted octanol–water partition coefficient (Wildman–Crippen LogP) is 0.363. The van der Waals surface area contributed by atoms with E-state index in [0.717, 1.165) is 17.0 Å². The van der Waals surface area contributed by atoms with E-state index in [1.807, 2.05) is 0 Å². The number of urea groups is 1. The summed E-state index contributed by atoms with van der Waals surface area (Å²) in [5.41, 5.74) is 4.90. The van der Waals surface area contributed by atoms with Crippen molar-refractivity contribution in [3.05, 3.63) is 29.8 Å². The summed E-state index contributed by atoms with van der Waals surface area (Å²) in [4.78, 5) is 51.3. The first-order valence-electron chi connectivity index (χ1n) is 8.98. The van der Waals surface area contributed by atoms with Crippen molar-refractivity contribution in [3.63, 3.8) is 0 Å². The van der Waals surface area contributed by atoms with Gasteiger partial charge in [0, 0.05) is 19.7 Å². The minimum absolute atomic E-state index is 0.142. The average Bonchev–Trinajstić information content (AvgIpc) is 3.06. The standard InChI is InChI=1S/C18H23F2N5O4S/c1-24(8-14(21)26)17(28)16-13(5-6-25(16)15(27)9-30-2)23-18(29)22-12-4-3-10(19)7-11(12)20/h3-4,7,13,16H,5-6,8-9H2,1-2H3,(H2,21,26)(H2,22,23,29)/t13-,16+/m0/s1. The highest BCUT2D eigenvalue weighted by molar-refractivity contribution is 7.99. The van der Waals surface area contributed by atoms with Crippen molar-refractivity contribution in [2.24, 2.45) is 5.73 Å². The maximum Gasteiger partial charge on any atom is 0.319 e. The molecule has 5 amide bonds. The number of amides is 5. The van der Waals surface area contributed by atoms with Gasteiger partial charge in [-0.1, -0.05) is 0 Å². The van der Waals surface area contributed by atoms with Gasteiger partial charge in [0.15, 0.2) is 0 Å². The first-order valence-corrected chi connectivity index (χ1v) is 10.4. The molecule has 164 valence electrons. The Morgan fingerprint density at radius 3 is 2.60 bits per heavy atom. The Hall–Kier alpha value is -2.89. The lowest BCUT2D eigenvalue weighted by molar-refractivity contribution is -0.143. The van der Waals surface area contributed by atoms with Crippen LogP contribution in [0.1, 0.15) is 6.42 Å². The first kappa shape index (κ1) is 23.4. The summed E-state index contributed by atoms with van der Waals surface area (Å²) < 4.78 is 26.8. The second kappa shape index (κ2) is 10.2. The number of rotatable bonds is 7. The SMILES string of the molecule is CSCC(=O)N1CC[C@H](NC(=O)Nc2ccc(F)cc2F)[C@@H]1C(=O)N(C)CC(N)=O. The third-order valence-electron chi connectivity index (χ3n) is 4.50. The van der Waals surface area contributed by atoms with E-state index in [0.29, 0.717) is 6.07 Å². The van der Waals surface area contributed by atoms with E-state index in [-0.39, 0.29) is 36.9 Å². The number of hydrogen-bond acceptors (Lipinski definition) is 5. The van der Waals surface area contributed by atoms with Crippen LogP contribution in [0.2, 0.25) is 0 Å². The summed E-state index contributed by atoms with van der Waals surface area (Å²) in [6.07, 6.45) is 2.02. The monoisotopic (exact) mass is 443 g/mol. The molecule has 1 aliphatic rings. The van der Waals surface area contributed by atoms with Crippen LogP contribution >= 0.6 is 11.8 Å². The summed E-state index contributed by atoms with van der Waals surface area (Å²) >= 11 is 1.29. The Kier molecular flexibility index (Phi) is 7.98. The van der Waals surface area contributed by atoms with Gasteiger partial charge in [0.1, 0.15) is 17.7 Å². The average molecular weight is 443 g/mol. The normalized spacial score (nSPS) is 18.1. The lowest BCUT2D eigenvalue weighted by atomic mass is 10.1. The number of hydrogen-bond donors (Lipinski definition) is 3. The van der Waals surface area contributed by atoms with Gasteiger partial charge in [-0.3, -0.25) is 14.4 Å². The van der Waals surface area contributed by atoms with E-state index >= 15 is 0 Å². The zero-order valence-corrected chi connectivity index (χ0v) is 17.3. The number of carbonyl (C=O) groups is 4. The van der Waals surface area contributed by atoms with Gasteiger partial charge in [-0.05, 0) is 24.8 Å². The van der Waals surface area contributed by atoms with Crippen LogP contribution < -0.4 is 16.4 Å². The van der Waals surface area contributed by atoms with Crippen molar-refractivity contribution in [1.29, 1.82) is 0 Å². The maximum atomic E-state index is 13.8. The highest BCUT2D eigenvalue weighted by Gasteiger charge is 2.43. The lowest BCUT2D eigenvalue weighted by Gasteiger charge is -2.30. The number of benzene rings is 1. The van der Waals surface area contributed by atoms with E-state index in [1.54, 1.807) is 6.26 Å². The van der Waals surface area contributed by atoms with Gasteiger partial charge >= 0.3 is 6.03 Å². The highest BCUT2D eigenvalue weighted by Crippen LogP contribution is 2.22. The molecule has 1 heterocycles. The Morgan fingerprint density at radius 2 is 2.00 bits per heavy atom. The molecule has 0 unspecified atom stereocenters. The van der Waals surface area contributed by atoms with Crippen LogP contribution in [0.15, 0.2) is 18.2 Å². The number of nitrogens with two attached hydrogens (primary N) is 1. The fraction of sp³-hybridized carbons (Fsp3) is 0.444. The second-order valence-corrected chi connectivity index (χ2v) is 7.61. The highest BCUT2D eigenvalue weighted by atomic mass is 32.2. The molecule has 1 saturated heterocycles. The molecule has 0 aromatic heterocycles. The zero-order valence-electron chi connectivity index (χ0n) is 16.5. The third kappa shape index (κ3) is 5.81. The van der Waals surface area contributed by atoms with Gasteiger partial charge < -0.3 is 26.2 Å². The third-order valence-corrected chi connectivity index (χ3v) is 5.04. The van der Waals surface area contributed by atoms with Gasteiger partial charge in [0.25, 0.3) is 0 Å². The van der Waals surface area contributed by atoms with Crippen LogP contribution in [0.3, 0.4) is 0 Å². The Bertz CT molecular complexity index is 841. The molecule has 9 nitrogen and oxygen atoms in total. The largest absolute Gasteiger partial charge is 0.368 e. The number of carbonyl (C=O) groups excluding carboxylic acids is 4. The van der Waals surface area contributed by atoms with Crippen molar-refractivity contribution >= 4 is 41.2 Å². The maximum absolute atomic E-state index is 13.8. The van der Waals surface area contributed by atoms with Crippen molar-refractivity contribution < 1.29 is 28.0 Å². The molecule has 12 heteroatoms. The Morgan fingerprint density at radius 1 is 1.30 bits per heavy atom. The van der Waals surface area contributed by atoms with Crippen LogP contribution in [-0.4, -0.2) is 77.8 Å². The van der Waals surface area contributed by atoms with Crippen LogP contribution in [0.4, 0.5) is 19.3 Å². The number of halogens is 2. The van der Waals surface area contributed by atoms with Gasteiger partial charge in [-0.25, -0.2) is 13.6 Å². The number of anilines is 1. The fourth-order valence-electron chi connectivity index (χ4n) is 3.19. The number of nitrogens with one attached hydrogen (secondary N) is 2. The van der Waals surface area contributed by atoms with Crippen molar-refractivity contribution in [3.8, 4) is 0 Å². The number of likely N-dealkylation sites (N-methyl/N-ethyl adjacent to an activating group) is 1. The Balaban J connectivity index is 2.16. The van der Waals surface area contributed by atoms with Crippen LogP contribution in [0, 0.1) is 11.6 Å². The van der Waals surface area contributed by atoms with Crippen LogP contribution in [0.5, 0.6) is 0 Å². The minimum Gasteiger partial charge on any atom is -0.368 e. The summed E-state index contributed by atoms with van der Waals surface area (Å²) in [5.74, 6) is -3.17. The smallest absolute Gasteiger partial charge is 0.319 e. The quantitative estimate of drug-likeness (QED) is 0.561. The molecule has 1 aliphatic heterocycles. The summed E-state index contributed by atoms with van der Waals surface area (Å²) in [7, 11) is 1.37. The van der Waals surface area contributed by atoms with Gasteiger partial charge in [-0.15, -0.1) is 0 Å². The predicted molar refractivity (Wildman–Crippen MR) is 108 cm³/mol. The molecular formula is C18H23F2N5O4S. The fourth-order valence-corrected chi connectivity index (χ4v) is 3.60. The molecule has 0 bridgehead atoms. The molecule has 2 atom stereocenters. The summed E-state index contributed by atoms with van der Waals surface area (Å²) in [5, 5.41) is 4.82.